The van der Waals surface area contributed by atoms with E-state index in [1.54, 1.807) is 0 Å². The standard InChI is InChI=1S/C17H21N5O2/c1-12(23)19-11-16-21-20-15-8-7-14(22(15)16)17(24)18-10-9-13-5-3-2-4-6-13/h2-6,14H,7-11H2,1H3,(H,18,24)(H,19,23). The van der Waals surface area contributed by atoms with Crippen molar-refractivity contribution in [3.8, 4) is 0 Å². The van der Waals surface area contributed by atoms with E-state index in [0.29, 0.717) is 12.4 Å². The third-order valence-electron chi connectivity index (χ3n) is 4.14. The summed E-state index contributed by atoms with van der Waals surface area (Å²) in [6.45, 7) is 2.34. The molecule has 1 aromatic carbocycles. The normalized spacial score (nSPS) is 15.8. The highest BCUT2D eigenvalue weighted by molar-refractivity contribution is 5.81. The number of amides is 2. The summed E-state index contributed by atoms with van der Waals surface area (Å²) >= 11 is 0. The van der Waals surface area contributed by atoms with Crippen LogP contribution in [0.5, 0.6) is 0 Å². The molecule has 2 N–H and O–H groups in total. The highest BCUT2D eigenvalue weighted by Gasteiger charge is 2.31. The van der Waals surface area contributed by atoms with Crippen molar-refractivity contribution in [3.63, 3.8) is 0 Å². The largest absolute Gasteiger partial charge is 0.354 e. The van der Waals surface area contributed by atoms with Gasteiger partial charge in [-0.15, -0.1) is 10.2 Å². The fourth-order valence-corrected chi connectivity index (χ4v) is 2.95. The van der Waals surface area contributed by atoms with E-state index in [1.807, 2.05) is 34.9 Å². The minimum Gasteiger partial charge on any atom is -0.354 e. The molecule has 0 aliphatic carbocycles. The topological polar surface area (TPSA) is 88.9 Å². The molecule has 2 heterocycles. The molecule has 1 aromatic heterocycles. The van der Waals surface area contributed by atoms with Crippen LogP contribution in [0.25, 0.3) is 0 Å². The first kappa shape index (κ1) is 16.2. The van der Waals surface area contributed by atoms with Crippen molar-refractivity contribution in [1.82, 2.24) is 25.4 Å². The summed E-state index contributed by atoms with van der Waals surface area (Å²) in [6.07, 6.45) is 2.24. The van der Waals surface area contributed by atoms with E-state index in [1.165, 1.54) is 12.5 Å². The molecule has 3 rings (SSSR count). The van der Waals surface area contributed by atoms with Crippen LogP contribution in [0.2, 0.25) is 0 Å². The van der Waals surface area contributed by atoms with Gasteiger partial charge in [0.25, 0.3) is 0 Å². The molecule has 2 aromatic rings. The summed E-state index contributed by atoms with van der Waals surface area (Å²) in [4.78, 5) is 23.6. The maximum Gasteiger partial charge on any atom is 0.243 e. The predicted molar refractivity (Wildman–Crippen MR) is 88.1 cm³/mol. The van der Waals surface area contributed by atoms with Crippen LogP contribution in [0.1, 0.15) is 36.6 Å². The lowest BCUT2D eigenvalue weighted by Crippen LogP contribution is -2.34. The lowest BCUT2D eigenvalue weighted by atomic mass is 10.1. The molecular weight excluding hydrogens is 306 g/mol. The van der Waals surface area contributed by atoms with Gasteiger partial charge in [-0.25, -0.2) is 0 Å². The summed E-state index contributed by atoms with van der Waals surface area (Å²) in [5.41, 5.74) is 1.19. The monoisotopic (exact) mass is 327 g/mol. The fourth-order valence-electron chi connectivity index (χ4n) is 2.95. The number of nitrogens with one attached hydrogen (secondary N) is 2. The van der Waals surface area contributed by atoms with Crippen molar-refractivity contribution in [3.05, 3.63) is 47.5 Å². The van der Waals surface area contributed by atoms with Gasteiger partial charge in [0.1, 0.15) is 11.9 Å². The maximum absolute atomic E-state index is 12.5. The lowest BCUT2D eigenvalue weighted by Gasteiger charge is -2.15. The third kappa shape index (κ3) is 3.61. The highest BCUT2D eigenvalue weighted by Crippen LogP contribution is 2.26. The zero-order chi connectivity index (χ0) is 16.9. The Labute approximate surface area is 140 Å². The Morgan fingerprint density at radius 3 is 2.75 bits per heavy atom. The highest BCUT2D eigenvalue weighted by atomic mass is 16.2. The minimum absolute atomic E-state index is 0.0199. The molecule has 0 radical (unpaired) electrons. The van der Waals surface area contributed by atoms with Crippen LogP contribution in [0.15, 0.2) is 30.3 Å². The molecule has 0 bridgehead atoms. The number of benzene rings is 1. The number of fused-ring (bicyclic) bond motifs is 1. The molecule has 0 saturated heterocycles. The van der Waals surface area contributed by atoms with Gasteiger partial charge in [0, 0.05) is 19.9 Å². The Kier molecular flexibility index (Phi) is 4.88. The average molecular weight is 327 g/mol. The van der Waals surface area contributed by atoms with Gasteiger partial charge in [0.2, 0.25) is 11.8 Å². The van der Waals surface area contributed by atoms with E-state index >= 15 is 0 Å². The molecule has 1 aliphatic heterocycles. The van der Waals surface area contributed by atoms with Crippen LogP contribution in [0.3, 0.4) is 0 Å². The van der Waals surface area contributed by atoms with Crippen molar-refractivity contribution in [2.45, 2.75) is 38.8 Å². The summed E-state index contributed by atoms with van der Waals surface area (Å²) in [6, 6.07) is 9.76. The second-order valence-electron chi connectivity index (χ2n) is 5.89. The molecule has 0 saturated carbocycles. The van der Waals surface area contributed by atoms with E-state index in [9.17, 15) is 9.59 Å². The lowest BCUT2D eigenvalue weighted by molar-refractivity contribution is -0.124. The first-order valence-corrected chi connectivity index (χ1v) is 8.14. The SMILES string of the molecule is CC(=O)NCc1nnc2n1C(C(=O)NCCc1ccccc1)CC2. The predicted octanol–water partition coefficient (Wildman–Crippen LogP) is 0.760. The van der Waals surface area contributed by atoms with E-state index in [-0.39, 0.29) is 24.4 Å². The Morgan fingerprint density at radius 1 is 1.21 bits per heavy atom. The van der Waals surface area contributed by atoms with Crippen molar-refractivity contribution in [1.29, 1.82) is 0 Å². The van der Waals surface area contributed by atoms with Gasteiger partial charge in [-0.05, 0) is 18.4 Å². The number of hydrogen-bond acceptors (Lipinski definition) is 4. The third-order valence-corrected chi connectivity index (χ3v) is 4.14. The Morgan fingerprint density at radius 2 is 2.00 bits per heavy atom. The second-order valence-corrected chi connectivity index (χ2v) is 5.89. The minimum atomic E-state index is -0.297. The van der Waals surface area contributed by atoms with E-state index in [2.05, 4.69) is 20.8 Å². The van der Waals surface area contributed by atoms with Gasteiger partial charge < -0.3 is 15.2 Å². The zero-order valence-electron chi connectivity index (χ0n) is 13.7. The second kappa shape index (κ2) is 7.25. The van der Waals surface area contributed by atoms with Crippen LogP contribution in [0.4, 0.5) is 0 Å². The number of hydrogen-bond donors (Lipinski definition) is 2. The van der Waals surface area contributed by atoms with Crippen LogP contribution >= 0.6 is 0 Å². The van der Waals surface area contributed by atoms with Crippen LogP contribution in [-0.4, -0.2) is 33.1 Å². The van der Waals surface area contributed by atoms with E-state index < -0.39 is 0 Å². The molecule has 7 heteroatoms. The van der Waals surface area contributed by atoms with E-state index in [0.717, 1.165) is 25.1 Å². The van der Waals surface area contributed by atoms with Crippen molar-refractivity contribution in [2.24, 2.45) is 0 Å². The molecule has 2 amide bonds. The Hall–Kier alpha value is -2.70. The molecule has 126 valence electrons. The number of rotatable bonds is 6. The Balaban J connectivity index is 1.59. The summed E-state index contributed by atoms with van der Waals surface area (Å²) in [5, 5.41) is 13.9. The van der Waals surface area contributed by atoms with Gasteiger partial charge in [0.15, 0.2) is 5.82 Å². The number of nitrogens with zero attached hydrogens (tertiary/aromatic N) is 3. The number of aromatic nitrogens is 3. The first-order chi connectivity index (χ1) is 11.6. The summed E-state index contributed by atoms with van der Waals surface area (Å²) < 4.78 is 1.85. The quantitative estimate of drug-likeness (QED) is 0.820. The molecule has 1 unspecified atom stereocenters. The first-order valence-electron chi connectivity index (χ1n) is 8.14. The maximum atomic E-state index is 12.5. The van der Waals surface area contributed by atoms with Gasteiger partial charge in [-0.2, -0.15) is 0 Å². The fraction of sp³-hybridized carbons (Fsp3) is 0.412. The number of carbonyl (C=O) groups excluding carboxylic acids is 2. The van der Waals surface area contributed by atoms with Gasteiger partial charge in [-0.1, -0.05) is 30.3 Å². The van der Waals surface area contributed by atoms with Crippen molar-refractivity contribution in [2.75, 3.05) is 6.54 Å². The van der Waals surface area contributed by atoms with Crippen LogP contribution in [-0.2, 0) is 29.0 Å². The smallest absolute Gasteiger partial charge is 0.243 e. The summed E-state index contributed by atoms with van der Waals surface area (Å²) in [5.74, 6) is 1.28. The van der Waals surface area contributed by atoms with Gasteiger partial charge >= 0.3 is 0 Å². The van der Waals surface area contributed by atoms with Crippen molar-refractivity contribution >= 4 is 11.8 Å². The van der Waals surface area contributed by atoms with Gasteiger partial charge in [-0.3, -0.25) is 9.59 Å². The van der Waals surface area contributed by atoms with Crippen molar-refractivity contribution < 1.29 is 9.59 Å². The number of carbonyl (C=O) groups is 2. The molecule has 1 aliphatic rings. The molecular formula is C17H21N5O2. The van der Waals surface area contributed by atoms with Crippen LogP contribution < -0.4 is 10.6 Å². The average Bonchev–Trinajstić information content (AvgIpc) is 3.16. The molecule has 0 spiro atoms. The van der Waals surface area contributed by atoms with Crippen LogP contribution in [0, 0.1) is 0 Å². The van der Waals surface area contributed by atoms with E-state index in [4.69, 9.17) is 0 Å². The molecule has 1 atom stereocenters. The van der Waals surface area contributed by atoms with Gasteiger partial charge in [0.05, 0.1) is 6.54 Å². The summed E-state index contributed by atoms with van der Waals surface area (Å²) in [7, 11) is 0. The zero-order valence-corrected chi connectivity index (χ0v) is 13.7. The Bertz CT molecular complexity index is 726. The molecule has 7 nitrogen and oxygen atoms in total. The molecule has 24 heavy (non-hydrogen) atoms. The number of aryl methyl sites for hydroxylation is 1. The molecule has 0 fully saturated rings.